The SMILES string of the molecule is Bc1ccc2c(O)noc2c1. The van der Waals surface area contributed by atoms with Gasteiger partial charge in [0.05, 0.1) is 5.39 Å². The Morgan fingerprint density at radius 2 is 2.27 bits per heavy atom. The predicted octanol–water partition coefficient (Wildman–Crippen LogP) is -0.208. The van der Waals surface area contributed by atoms with Crippen LogP contribution in [0.25, 0.3) is 11.0 Å². The summed E-state index contributed by atoms with van der Waals surface area (Å²) in [7, 11) is 1.96. The van der Waals surface area contributed by atoms with Crippen molar-refractivity contribution in [3.63, 3.8) is 0 Å². The zero-order valence-electron chi connectivity index (χ0n) is 6.03. The number of fused-ring (bicyclic) bond motifs is 1. The van der Waals surface area contributed by atoms with E-state index in [-0.39, 0.29) is 5.88 Å². The largest absolute Gasteiger partial charge is 0.491 e. The van der Waals surface area contributed by atoms with Crippen molar-refractivity contribution in [3.8, 4) is 5.88 Å². The second-order valence-corrected chi connectivity index (χ2v) is 2.51. The number of rotatable bonds is 0. The van der Waals surface area contributed by atoms with Gasteiger partial charge in [0, 0.05) is 0 Å². The third-order valence-electron chi connectivity index (χ3n) is 1.61. The van der Waals surface area contributed by atoms with Gasteiger partial charge in [-0.1, -0.05) is 11.5 Å². The maximum absolute atomic E-state index is 9.10. The lowest BCUT2D eigenvalue weighted by Gasteiger charge is -1.88. The molecule has 0 unspecified atom stereocenters. The summed E-state index contributed by atoms with van der Waals surface area (Å²) in [5.74, 6) is -0.0417. The third-order valence-corrected chi connectivity index (χ3v) is 1.61. The monoisotopic (exact) mass is 147 g/mol. The Hall–Kier alpha value is -1.45. The lowest BCUT2D eigenvalue weighted by Crippen LogP contribution is -1.98. The molecule has 1 aromatic heterocycles. The van der Waals surface area contributed by atoms with Crippen LogP contribution < -0.4 is 5.46 Å². The van der Waals surface area contributed by atoms with Crippen LogP contribution in [0.1, 0.15) is 0 Å². The van der Waals surface area contributed by atoms with Crippen molar-refractivity contribution < 1.29 is 9.63 Å². The molecule has 2 aromatic rings. The van der Waals surface area contributed by atoms with Gasteiger partial charge in [-0.05, 0) is 17.3 Å². The van der Waals surface area contributed by atoms with E-state index < -0.39 is 0 Å². The average molecular weight is 147 g/mol. The van der Waals surface area contributed by atoms with Crippen LogP contribution in [0.5, 0.6) is 5.88 Å². The highest BCUT2D eigenvalue weighted by Crippen LogP contribution is 2.21. The van der Waals surface area contributed by atoms with Crippen molar-refractivity contribution in [1.82, 2.24) is 5.16 Å². The molecule has 0 bridgehead atoms. The fraction of sp³-hybridized carbons (Fsp3) is 0. The van der Waals surface area contributed by atoms with E-state index in [1.54, 1.807) is 6.07 Å². The van der Waals surface area contributed by atoms with Crippen LogP contribution in [0.4, 0.5) is 0 Å². The fourth-order valence-electron chi connectivity index (χ4n) is 1.03. The van der Waals surface area contributed by atoms with Crippen LogP contribution in [0.15, 0.2) is 22.7 Å². The summed E-state index contributed by atoms with van der Waals surface area (Å²) >= 11 is 0. The molecule has 1 N–H and O–H groups in total. The molecule has 0 amide bonds. The van der Waals surface area contributed by atoms with E-state index in [1.165, 1.54) is 0 Å². The first-order chi connectivity index (χ1) is 5.27. The number of hydrogen-bond donors (Lipinski definition) is 1. The second-order valence-electron chi connectivity index (χ2n) is 2.51. The van der Waals surface area contributed by atoms with Crippen molar-refractivity contribution in [2.45, 2.75) is 0 Å². The molecule has 0 aliphatic rings. The van der Waals surface area contributed by atoms with Gasteiger partial charge in [0.15, 0.2) is 5.58 Å². The van der Waals surface area contributed by atoms with Crippen LogP contribution >= 0.6 is 0 Å². The molecular weight excluding hydrogens is 141 g/mol. The summed E-state index contributed by atoms with van der Waals surface area (Å²) in [5.41, 5.74) is 1.72. The quantitative estimate of drug-likeness (QED) is 0.524. The molecule has 11 heavy (non-hydrogen) atoms. The van der Waals surface area contributed by atoms with Gasteiger partial charge in [0.25, 0.3) is 5.88 Å². The predicted molar refractivity (Wildman–Crippen MR) is 43.9 cm³/mol. The summed E-state index contributed by atoms with van der Waals surface area (Å²) in [4.78, 5) is 0. The Balaban J connectivity index is 2.86. The number of aromatic hydroxyl groups is 1. The van der Waals surface area contributed by atoms with E-state index in [0.717, 1.165) is 5.46 Å². The smallest absolute Gasteiger partial charge is 0.259 e. The van der Waals surface area contributed by atoms with Crippen LogP contribution in [0.3, 0.4) is 0 Å². The highest BCUT2D eigenvalue weighted by atomic mass is 16.5. The first-order valence-corrected chi connectivity index (χ1v) is 3.32. The summed E-state index contributed by atoms with van der Waals surface area (Å²) in [6.07, 6.45) is 0. The standard InChI is InChI=1S/C7H6BNO2/c8-4-1-2-5-6(3-4)11-9-7(5)10/h1-3H,8H2,(H,9,10). The first kappa shape index (κ1) is 6.28. The van der Waals surface area contributed by atoms with E-state index in [4.69, 9.17) is 9.63 Å². The van der Waals surface area contributed by atoms with Gasteiger partial charge >= 0.3 is 0 Å². The maximum Gasteiger partial charge on any atom is 0.259 e. The highest BCUT2D eigenvalue weighted by Gasteiger charge is 2.04. The molecule has 0 saturated heterocycles. The summed E-state index contributed by atoms with van der Waals surface area (Å²) < 4.78 is 4.83. The van der Waals surface area contributed by atoms with Crippen molar-refractivity contribution in [2.24, 2.45) is 0 Å². The second kappa shape index (κ2) is 2.02. The molecular formula is C7H6BNO2. The van der Waals surface area contributed by atoms with Crippen molar-refractivity contribution >= 4 is 24.3 Å². The van der Waals surface area contributed by atoms with Crippen LogP contribution in [0, 0.1) is 0 Å². The molecule has 0 spiro atoms. The lowest BCUT2D eigenvalue weighted by molar-refractivity contribution is 0.376. The van der Waals surface area contributed by atoms with E-state index in [0.29, 0.717) is 11.0 Å². The minimum absolute atomic E-state index is 0.0417. The van der Waals surface area contributed by atoms with Crippen LogP contribution in [-0.2, 0) is 0 Å². The molecule has 3 nitrogen and oxygen atoms in total. The van der Waals surface area contributed by atoms with Gasteiger partial charge in [-0.15, -0.1) is 0 Å². The zero-order valence-corrected chi connectivity index (χ0v) is 6.03. The van der Waals surface area contributed by atoms with Gasteiger partial charge < -0.3 is 9.63 Å². The van der Waals surface area contributed by atoms with E-state index in [1.807, 2.05) is 20.0 Å². The fourth-order valence-corrected chi connectivity index (χ4v) is 1.03. The molecule has 0 radical (unpaired) electrons. The van der Waals surface area contributed by atoms with Gasteiger partial charge in [-0.25, -0.2) is 0 Å². The number of benzene rings is 1. The number of hydrogen-bond acceptors (Lipinski definition) is 3. The summed E-state index contributed by atoms with van der Waals surface area (Å²) in [6, 6.07) is 5.53. The minimum Gasteiger partial charge on any atom is -0.491 e. The van der Waals surface area contributed by atoms with E-state index >= 15 is 0 Å². The lowest BCUT2D eigenvalue weighted by atomic mass is 9.96. The van der Waals surface area contributed by atoms with Crippen LogP contribution in [-0.4, -0.2) is 18.1 Å². The molecule has 0 aliphatic carbocycles. The van der Waals surface area contributed by atoms with Crippen LogP contribution in [0.2, 0.25) is 0 Å². The Labute approximate surface area is 64.0 Å². The Morgan fingerprint density at radius 3 is 3.09 bits per heavy atom. The minimum atomic E-state index is -0.0417. The summed E-state index contributed by atoms with van der Waals surface area (Å²) in [5, 5.41) is 13.2. The van der Waals surface area contributed by atoms with Crippen molar-refractivity contribution in [3.05, 3.63) is 18.2 Å². The molecule has 1 aromatic carbocycles. The molecule has 0 atom stereocenters. The molecule has 54 valence electrons. The molecule has 0 aliphatic heterocycles. The maximum atomic E-state index is 9.10. The molecule has 1 heterocycles. The van der Waals surface area contributed by atoms with E-state index in [9.17, 15) is 0 Å². The van der Waals surface area contributed by atoms with Crippen molar-refractivity contribution in [2.75, 3.05) is 0 Å². The van der Waals surface area contributed by atoms with Gasteiger partial charge in [-0.3, -0.25) is 0 Å². The normalized spacial score (nSPS) is 10.5. The number of aromatic nitrogens is 1. The first-order valence-electron chi connectivity index (χ1n) is 3.32. The molecule has 0 fully saturated rings. The topological polar surface area (TPSA) is 46.3 Å². The number of nitrogens with zero attached hydrogens (tertiary/aromatic N) is 1. The average Bonchev–Trinajstić information content (AvgIpc) is 2.32. The molecule has 2 rings (SSSR count). The Kier molecular flexibility index (Phi) is 1.15. The third kappa shape index (κ3) is 0.870. The van der Waals surface area contributed by atoms with Gasteiger partial charge in [0.2, 0.25) is 0 Å². The van der Waals surface area contributed by atoms with Gasteiger partial charge in [-0.2, -0.15) is 0 Å². The Bertz CT molecular complexity index is 396. The molecule has 4 heteroatoms. The Morgan fingerprint density at radius 1 is 1.45 bits per heavy atom. The van der Waals surface area contributed by atoms with Crippen molar-refractivity contribution in [1.29, 1.82) is 0 Å². The van der Waals surface area contributed by atoms with Gasteiger partial charge in [0.1, 0.15) is 7.85 Å². The zero-order chi connectivity index (χ0) is 7.84. The molecule has 0 saturated carbocycles. The van der Waals surface area contributed by atoms with E-state index in [2.05, 4.69) is 5.16 Å². The summed E-state index contributed by atoms with van der Waals surface area (Å²) in [6.45, 7) is 0. The highest BCUT2D eigenvalue weighted by molar-refractivity contribution is 6.33.